The van der Waals surface area contributed by atoms with Gasteiger partial charge in [-0.3, -0.25) is 24.2 Å². The first-order valence-corrected chi connectivity index (χ1v) is 11.5. The molecule has 4 atom stereocenters. The summed E-state index contributed by atoms with van der Waals surface area (Å²) < 4.78 is 0. The van der Waals surface area contributed by atoms with E-state index in [-0.39, 0.29) is 31.8 Å². The molecule has 4 unspecified atom stereocenters. The first kappa shape index (κ1) is 30.8. The number of imidazole rings is 1. The lowest BCUT2D eigenvalue weighted by atomic mass is 10.0. The summed E-state index contributed by atoms with van der Waals surface area (Å²) in [6.45, 7) is 3.40. The van der Waals surface area contributed by atoms with E-state index < -0.39 is 66.1 Å². The number of primary amides is 1. The molecule has 0 bridgehead atoms. The summed E-state index contributed by atoms with van der Waals surface area (Å²) in [6, 6.07) is -4.89. The number of aromatic amines is 1. The molecule has 13 N–H and O–H groups in total. The van der Waals surface area contributed by atoms with Crippen molar-refractivity contribution in [3.63, 3.8) is 0 Å². The molecule has 0 saturated carbocycles. The summed E-state index contributed by atoms with van der Waals surface area (Å²) in [6.07, 6.45) is 2.67. The van der Waals surface area contributed by atoms with Crippen molar-refractivity contribution in [2.75, 3.05) is 6.54 Å². The number of carboxylic acid groups (broad SMARTS) is 1. The van der Waals surface area contributed by atoms with E-state index in [2.05, 4.69) is 30.9 Å². The first-order valence-electron chi connectivity index (χ1n) is 11.5. The van der Waals surface area contributed by atoms with Gasteiger partial charge in [0.05, 0.1) is 18.8 Å². The van der Waals surface area contributed by atoms with E-state index in [1.807, 2.05) is 0 Å². The fraction of sp³-hybridized carbons (Fsp3) is 0.571. The van der Waals surface area contributed by atoms with Crippen molar-refractivity contribution >= 4 is 35.6 Å². The van der Waals surface area contributed by atoms with Gasteiger partial charge in [-0.05, 0) is 18.8 Å². The van der Waals surface area contributed by atoms with Crippen LogP contribution in [0.25, 0.3) is 0 Å². The predicted octanol–water partition coefficient (Wildman–Crippen LogP) is -3.60. The van der Waals surface area contributed by atoms with Gasteiger partial charge in [0.1, 0.15) is 18.1 Å². The van der Waals surface area contributed by atoms with Crippen LogP contribution in [0.2, 0.25) is 0 Å². The van der Waals surface area contributed by atoms with E-state index in [0.29, 0.717) is 5.69 Å². The maximum atomic E-state index is 13.2. The van der Waals surface area contributed by atoms with Crippen LogP contribution in [-0.4, -0.2) is 81.3 Å². The number of guanidine groups is 1. The zero-order chi connectivity index (χ0) is 28.1. The van der Waals surface area contributed by atoms with Gasteiger partial charge in [-0.25, -0.2) is 9.78 Å². The number of carbonyl (C=O) groups excluding carboxylic acids is 4. The smallest absolute Gasteiger partial charge is 0.326 e. The van der Waals surface area contributed by atoms with Crippen molar-refractivity contribution in [3.05, 3.63) is 18.2 Å². The Balaban J connectivity index is 3.10. The molecule has 16 nitrogen and oxygen atoms in total. The van der Waals surface area contributed by atoms with E-state index in [4.69, 9.17) is 22.9 Å². The third-order valence-corrected chi connectivity index (χ3v) is 5.18. The maximum Gasteiger partial charge on any atom is 0.326 e. The van der Waals surface area contributed by atoms with Gasteiger partial charge in [0.25, 0.3) is 0 Å². The highest BCUT2D eigenvalue weighted by Gasteiger charge is 2.31. The third kappa shape index (κ3) is 11.4. The molecule has 1 aromatic rings. The number of carbonyl (C=O) groups is 5. The average Bonchev–Trinajstić information content (AvgIpc) is 3.30. The molecule has 0 saturated heterocycles. The Hall–Kier alpha value is -4.21. The molecular formula is C21H36N10O6. The van der Waals surface area contributed by atoms with Crippen molar-refractivity contribution in [1.29, 1.82) is 0 Å². The van der Waals surface area contributed by atoms with Crippen molar-refractivity contribution < 1.29 is 29.1 Å². The second-order valence-electron chi connectivity index (χ2n) is 8.70. The Kier molecular flexibility index (Phi) is 12.5. The lowest BCUT2D eigenvalue weighted by molar-refractivity contribution is -0.143. The van der Waals surface area contributed by atoms with E-state index >= 15 is 0 Å². The largest absolute Gasteiger partial charge is 0.480 e. The number of aromatic nitrogens is 2. The number of nitrogens with two attached hydrogens (primary N) is 4. The second-order valence-corrected chi connectivity index (χ2v) is 8.70. The summed E-state index contributed by atoms with van der Waals surface area (Å²) in [4.78, 5) is 71.8. The minimum absolute atomic E-state index is 0.0487. The normalized spacial score (nSPS) is 14.1. The van der Waals surface area contributed by atoms with E-state index in [1.165, 1.54) is 12.5 Å². The molecule has 0 spiro atoms. The van der Waals surface area contributed by atoms with Crippen LogP contribution in [0.1, 0.15) is 38.8 Å². The number of aliphatic imine (C=N–C) groups is 1. The standard InChI is InChI=1S/C21H36N10O6/c1-10(2)16(20(36)37)31-18(34)13(4-3-5-27-21(24)25)29-19(35)14(6-11-8-26-9-28-11)30-17(33)12(22)7-15(23)32/h8-10,12-14,16H,3-7,22H2,1-2H3,(H2,23,32)(H,26,28)(H,29,35)(H,30,33)(H,31,34)(H,36,37)(H4,24,25,27). The molecule has 206 valence electrons. The zero-order valence-corrected chi connectivity index (χ0v) is 20.8. The third-order valence-electron chi connectivity index (χ3n) is 5.18. The molecule has 4 amide bonds. The number of nitrogens with one attached hydrogen (secondary N) is 4. The van der Waals surface area contributed by atoms with Crippen molar-refractivity contribution in [2.45, 2.75) is 63.7 Å². The van der Waals surface area contributed by atoms with Crippen molar-refractivity contribution in [2.24, 2.45) is 33.8 Å². The second kappa shape index (κ2) is 15.0. The topological polar surface area (TPSA) is 287 Å². The lowest BCUT2D eigenvalue weighted by Crippen LogP contribution is -2.58. The molecule has 37 heavy (non-hydrogen) atoms. The van der Waals surface area contributed by atoms with Gasteiger partial charge in [0.15, 0.2) is 5.96 Å². The van der Waals surface area contributed by atoms with Gasteiger partial charge >= 0.3 is 5.97 Å². The minimum Gasteiger partial charge on any atom is -0.480 e. The summed E-state index contributed by atoms with van der Waals surface area (Å²) in [5.41, 5.74) is 21.9. The predicted molar refractivity (Wildman–Crippen MR) is 132 cm³/mol. The fourth-order valence-corrected chi connectivity index (χ4v) is 3.23. The Morgan fingerprint density at radius 3 is 2.16 bits per heavy atom. The molecule has 0 aliphatic rings. The van der Waals surface area contributed by atoms with Crippen LogP contribution in [0.3, 0.4) is 0 Å². The Morgan fingerprint density at radius 1 is 1.03 bits per heavy atom. The van der Waals surface area contributed by atoms with Gasteiger partial charge in [-0.2, -0.15) is 0 Å². The fourth-order valence-electron chi connectivity index (χ4n) is 3.23. The maximum absolute atomic E-state index is 13.2. The Bertz CT molecular complexity index is 961. The minimum atomic E-state index is -1.30. The van der Waals surface area contributed by atoms with Crippen LogP contribution in [0.15, 0.2) is 17.5 Å². The van der Waals surface area contributed by atoms with E-state index in [9.17, 15) is 29.1 Å². The average molecular weight is 525 g/mol. The van der Waals surface area contributed by atoms with Crippen molar-refractivity contribution in [3.8, 4) is 0 Å². The summed E-state index contributed by atoms with van der Waals surface area (Å²) in [5, 5.41) is 16.9. The van der Waals surface area contributed by atoms with Gasteiger partial charge in [-0.1, -0.05) is 13.8 Å². The van der Waals surface area contributed by atoms with E-state index in [0.717, 1.165) is 0 Å². The van der Waals surface area contributed by atoms with Gasteiger partial charge in [-0.15, -0.1) is 0 Å². The molecule has 0 aliphatic carbocycles. The molecule has 0 fully saturated rings. The van der Waals surface area contributed by atoms with Crippen molar-refractivity contribution in [1.82, 2.24) is 25.9 Å². The highest BCUT2D eigenvalue weighted by Crippen LogP contribution is 2.07. The zero-order valence-electron chi connectivity index (χ0n) is 20.8. The number of hydrogen-bond donors (Lipinski definition) is 9. The first-order chi connectivity index (χ1) is 17.3. The van der Waals surface area contributed by atoms with Crippen LogP contribution >= 0.6 is 0 Å². The van der Waals surface area contributed by atoms with Crippen LogP contribution in [0.4, 0.5) is 0 Å². The Labute approximate surface area is 213 Å². The number of carboxylic acids is 1. The molecular weight excluding hydrogens is 488 g/mol. The van der Waals surface area contributed by atoms with Gasteiger partial charge < -0.3 is 49.0 Å². The van der Waals surface area contributed by atoms with E-state index in [1.54, 1.807) is 13.8 Å². The monoisotopic (exact) mass is 524 g/mol. The quantitative estimate of drug-likeness (QED) is 0.0581. The number of amides is 4. The molecule has 0 aromatic carbocycles. The van der Waals surface area contributed by atoms with Crippen LogP contribution in [0, 0.1) is 5.92 Å². The molecule has 1 heterocycles. The van der Waals surface area contributed by atoms with Crippen LogP contribution < -0.4 is 38.9 Å². The van der Waals surface area contributed by atoms with Gasteiger partial charge in [0.2, 0.25) is 23.6 Å². The molecule has 16 heteroatoms. The molecule has 1 aromatic heterocycles. The molecule has 0 aliphatic heterocycles. The highest BCUT2D eigenvalue weighted by molar-refractivity contribution is 5.95. The number of hydrogen-bond acceptors (Lipinski definition) is 8. The number of aliphatic carboxylic acids is 1. The van der Waals surface area contributed by atoms with Crippen LogP contribution in [-0.2, 0) is 30.4 Å². The molecule has 0 radical (unpaired) electrons. The van der Waals surface area contributed by atoms with Gasteiger partial charge in [0, 0.05) is 24.9 Å². The number of nitrogens with zero attached hydrogens (tertiary/aromatic N) is 2. The summed E-state index contributed by atoms with van der Waals surface area (Å²) >= 11 is 0. The molecule has 1 rings (SSSR count). The lowest BCUT2D eigenvalue weighted by Gasteiger charge is -2.26. The summed E-state index contributed by atoms with van der Waals surface area (Å²) in [7, 11) is 0. The highest BCUT2D eigenvalue weighted by atomic mass is 16.4. The van der Waals surface area contributed by atoms with Crippen LogP contribution in [0.5, 0.6) is 0 Å². The number of rotatable bonds is 16. The summed E-state index contributed by atoms with van der Waals surface area (Å²) in [5.74, 6) is -4.92. The Morgan fingerprint density at radius 2 is 1.65 bits per heavy atom. The number of H-pyrrole nitrogens is 1. The SMILES string of the molecule is CC(C)C(NC(=O)C(CCCN=C(N)N)NC(=O)C(Cc1cnc[nH]1)NC(=O)C(N)CC(N)=O)C(=O)O.